The van der Waals surface area contributed by atoms with Gasteiger partial charge in [-0.05, 0) is 40.5 Å². The molecule has 1 aliphatic rings. The molecule has 4 aromatic carbocycles. The lowest BCUT2D eigenvalue weighted by molar-refractivity contribution is -0.152. The minimum absolute atomic E-state index is 0.242. The average Bonchev–Trinajstić information content (AvgIpc) is 3.01. The van der Waals surface area contributed by atoms with Gasteiger partial charge in [-0.1, -0.05) is 103 Å². The van der Waals surface area contributed by atoms with Crippen LogP contribution in [0.5, 0.6) is 0 Å². The van der Waals surface area contributed by atoms with Gasteiger partial charge < -0.3 is 18.9 Å². The van der Waals surface area contributed by atoms with Gasteiger partial charge in [0.1, 0.15) is 23.8 Å². The third-order valence-corrected chi connectivity index (χ3v) is 6.42. The molecule has 40 heavy (non-hydrogen) atoms. The molecule has 0 saturated heterocycles. The van der Waals surface area contributed by atoms with Gasteiger partial charge in [0.05, 0.1) is 26.4 Å². The van der Waals surface area contributed by atoms with Crippen molar-refractivity contribution in [3.63, 3.8) is 0 Å². The number of rotatable bonds is 12. The highest BCUT2D eigenvalue weighted by molar-refractivity contribution is 5.25. The van der Waals surface area contributed by atoms with E-state index in [0.717, 1.165) is 22.3 Å². The van der Waals surface area contributed by atoms with Crippen molar-refractivity contribution in [3.05, 3.63) is 167 Å². The molecule has 5 heteroatoms. The van der Waals surface area contributed by atoms with Crippen LogP contribution in [0.15, 0.2) is 127 Å². The Morgan fingerprint density at radius 2 is 1.20 bits per heavy atom. The van der Waals surface area contributed by atoms with Crippen LogP contribution in [0.4, 0.5) is 4.39 Å². The molecule has 2 radical (unpaired) electrons. The Kier molecular flexibility index (Phi) is 9.90. The summed E-state index contributed by atoms with van der Waals surface area (Å²) >= 11 is 0. The van der Waals surface area contributed by atoms with Gasteiger partial charge in [-0.3, -0.25) is 0 Å². The quantitative estimate of drug-likeness (QED) is 0.196. The van der Waals surface area contributed by atoms with E-state index in [-0.39, 0.29) is 12.4 Å². The molecule has 1 aliphatic heterocycles. The van der Waals surface area contributed by atoms with Gasteiger partial charge in [0.25, 0.3) is 0 Å². The summed E-state index contributed by atoms with van der Waals surface area (Å²) in [7, 11) is 0. The maximum Gasteiger partial charge on any atom is 0.151 e. The topological polar surface area (TPSA) is 36.9 Å². The largest absolute Gasteiger partial charge is 0.485 e. The van der Waals surface area contributed by atoms with Crippen LogP contribution in [0.25, 0.3) is 0 Å². The van der Waals surface area contributed by atoms with Crippen LogP contribution in [0.3, 0.4) is 0 Å². The van der Waals surface area contributed by atoms with Crippen molar-refractivity contribution in [2.24, 2.45) is 0 Å². The second-order valence-electron chi connectivity index (χ2n) is 9.47. The highest BCUT2D eigenvalue weighted by atomic mass is 19.1. The molecule has 0 spiro atoms. The predicted octanol–water partition coefficient (Wildman–Crippen LogP) is 7.01. The molecule has 3 atom stereocenters. The summed E-state index contributed by atoms with van der Waals surface area (Å²) in [6.07, 6.45) is 6.89. The van der Waals surface area contributed by atoms with Crippen LogP contribution < -0.4 is 0 Å². The van der Waals surface area contributed by atoms with Gasteiger partial charge in [0.15, 0.2) is 6.10 Å². The number of hydrogen-bond donors (Lipinski definition) is 0. The van der Waals surface area contributed by atoms with E-state index in [4.69, 9.17) is 18.9 Å². The van der Waals surface area contributed by atoms with E-state index < -0.39 is 18.3 Å². The van der Waals surface area contributed by atoms with Gasteiger partial charge >= 0.3 is 0 Å². The lowest BCUT2D eigenvalue weighted by atomic mass is 10.0. The summed E-state index contributed by atoms with van der Waals surface area (Å²) in [5.41, 5.74) is 3.87. The van der Waals surface area contributed by atoms with Crippen molar-refractivity contribution in [1.29, 1.82) is 0 Å². The van der Waals surface area contributed by atoms with E-state index >= 15 is 0 Å². The third-order valence-electron chi connectivity index (χ3n) is 6.42. The molecule has 0 fully saturated rings. The van der Waals surface area contributed by atoms with Crippen molar-refractivity contribution in [3.8, 4) is 0 Å². The van der Waals surface area contributed by atoms with Crippen molar-refractivity contribution in [2.45, 2.75) is 38.1 Å². The maximum absolute atomic E-state index is 13.3. The fourth-order valence-corrected chi connectivity index (χ4v) is 4.33. The smallest absolute Gasteiger partial charge is 0.151 e. The highest BCUT2D eigenvalue weighted by Gasteiger charge is 2.36. The number of ether oxygens (including phenoxy) is 4. The average molecular weight is 535 g/mol. The minimum atomic E-state index is -0.477. The van der Waals surface area contributed by atoms with E-state index in [9.17, 15) is 4.39 Å². The predicted molar refractivity (Wildman–Crippen MR) is 151 cm³/mol. The highest BCUT2D eigenvalue weighted by Crippen LogP contribution is 2.26. The molecule has 0 aliphatic carbocycles. The zero-order chi connectivity index (χ0) is 27.4. The first-order chi connectivity index (χ1) is 19.7. The van der Waals surface area contributed by atoms with Crippen molar-refractivity contribution in [1.82, 2.24) is 0 Å². The van der Waals surface area contributed by atoms with Crippen molar-refractivity contribution < 1.29 is 23.3 Å². The molecule has 4 nitrogen and oxygen atoms in total. The van der Waals surface area contributed by atoms with E-state index in [0.29, 0.717) is 25.6 Å². The SMILES string of the molecule is Fc1ccc(COC[C@H]2OC([C]=[C]c3ccccc3)=C[C@@H](OCc3ccccc3)[C@@H]2OCc2ccccc2)cc1. The standard InChI is InChI=1S/C35H31FO4/c36-31-19-16-30(17-20-31)23-37-26-34-35(39-25-29-14-8-3-9-15-29)33(38-24-28-12-6-2-7-13-28)22-32(40-34)21-18-27-10-4-1-5-11-27/h1-17,19-20,22,33-35H,23-26H2/t33-,34-,35+/m1/s1. The Bertz CT molecular complexity index is 1360. The van der Waals surface area contributed by atoms with Crippen LogP contribution in [0, 0.1) is 18.0 Å². The molecule has 0 bridgehead atoms. The molecular formula is C35H31FO4. The van der Waals surface area contributed by atoms with E-state index in [1.807, 2.05) is 97.1 Å². The molecule has 1 heterocycles. The minimum Gasteiger partial charge on any atom is -0.485 e. The molecule has 0 amide bonds. The van der Waals surface area contributed by atoms with Crippen LogP contribution in [0.1, 0.15) is 22.3 Å². The maximum atomic E-state index is 13.3. The van der Waals surface area contributed by atoms with Gasteiger partial charge in [-0.15, -0.1) is 0 Å². The lowest BCUT2D eigenvalue weighted by Gasteiger charge is -2.36. The lowest BCUT2D eigenvalue weighted by Crippen LogP contribution is -2.47. The van der Waals surface area contributed by atoms with Crippen molar-refractivity contribution in [2.75, 3.05) is 6.61 Å². The normalized spacial score (nSPS) is 18.8. The Morgan fingerprint density at radius 3 is 1.85 bits per heavy atom. The first kappa shape index (κ1) is 27.5. The zero-order valence-electron chi connectivity index (χ0n) is 22.1. The monoisotopic (exact) mass is 534 g/mol. The fourth-order valence-electron chi connectivity index (χ4n) is 4.33. The Morgan fingerprint density at radius 1 is 0.625 bits per heavy atom. The van der Waals surface area contributed by atoms with Crippen LogP contribution in [-0.4, -0.2) is 24.9 Å². The van der Waals surface area contributed by atoms with E-state index in [1.54, 1.807) is 12.1 Å². The van der Waals surface area contributed by atoms with Gasteiger partial charge in [-0.25, -0.2) is 4.39 Å². The zero-order valence-corrected chi connectivity index (χ0v) is 22.1. The molecule has 4 aromatic rings. The number of allylic oxidation sites excluding steroid dienone is 1. The fraction of sp³-hybridized carbons (Fsp3) is 0.200. The van der Waals surface area contributed by atoms with Crippen LogP contribution in [0.2, 0.25) is 0 Å². The molecule has 0 saturated carbocycles. The Balaban J connectivity index is 1.36. The number of halogens is 1. The molecule has 0 aromatic heterocycles. The first-order valence-corrected chi connectivity index (χ1v) is 13.3. The van der Waals surface area contributed by atoms with Crippen molar-refractivity contribution >= 4 is 0 Å². The number of hydrogen-bond acceptors (Lipinski definition) is 4. The van der Waals surface area contributed by atoms with Gasteiger partial charge in [0.2, 0.25) is 0 Å². The summed E-state index contributed by atoms with van der Waals surface area (Å²) in [5.74, 6) is 0.232. The Labute approximate surface area is 235 Å². The summed E-state index contributed by atoms with van der Waals surface area (Å²) in [5, 5.41) is 0. The van der Waals surface area contributed by atoms with Crippen LogP contribution >= 0.6 is 0 Å². The summed E-state index contributed by atoms with van der Waals surface area (Å²) in [4.78, 5) is 0. The summed E-state index contributed by atoms with van der Waals surface area (Å²) in [6, 6.07) is 36.1. The van der Waals surface area contributed by atoms with Gasteiger partial charge in [-0.2, -0.15) is 0 Å². The number of benzene rings is 4. The molecule has 202 valence electrons. The van der Waals surface area contributed by atoms with E-state index in [1.165, 1.54) is 12.1 Å². The second kappa shape index (κ2) is 14.4. The molecule has 5 rings (SSSR count). The third kappa shape index (κ3) is 8.23. The molecular weight excluding hydrogens is 503 g/mol. The van der Waals surface area contributed by atoms with Gasteiger partial charge in [0, 0.05) is 12.2 Å². The van der Waals surface area contributed by atoms with E-state index in [2.05, 4.69) is 12.2 Å². The summed E-state index contributed by atoms with van der Waals surface area (Å²) in [6.45, 7) is 1.37. The first-order valence-electron chi connectivity index (χ1n) is 13.3. The van der Waals surface area contributed by atoms with Crippen LogP contribution in [-0.2, 0) is 38.8 Å². The Hall–Kier alpha value is -4.03. The molecule has 0 N–H and O–H groups in total. The summed E-state index contributed by atoms with van der Waals surface area (Å²) < 4.78 is 38.6. The second-order valence-corrected chi connectivity index (χ2v) is 9.47. The molecule has 0 unspecified atom stereocenters.